The molecule has 3 amide bonds. The number of ether oxygens (including phenoxy) is 1. The summed E-state index contributed by atoms with van der Waals surface area (Å²) in [5.74, 6) is 0.380. The van der Waals surface area contributed by atoms with Crippen LogP contribution in [0.25, 0.3) is 0 Å². The minimum absolute atomic E-state index is 0.167. The molecule has 1 saturated carbocycles. The van der Waals surface area contributed by atoms with E-state index < -0.39 is 12.1 Å². The van der Waals surface area contributed by atoms with Crippen molar-refractivity contribution in [3.63, 3.8) is 0 Å². The Labute approximate surface area is 160 Å². The number of nitrogens with one attached hydrogen (secondary N) is 2. The number of amides is 3. The van der Waals surface area contributed by atoms with E-state index in [1.165, 1.54) is 6.42 Å². The first-order valence-corrected chi connectivity index (χ1v) is 9.42. The zero-order valence-corrected chi connectivity index (χ0v) is 16.4. The van der Waals surface area contributed by atoms with Gasteiger partial charge in [-0.05, 0) is 45.0 Å². The van der Waals surface area contributed by atoms with E-state index >= 15 is 0 Å². The summed E-state index contributed by atoms with van der Waals surface area (Å²) in [5.41, 5.74) is 0.883. The van der Waals surface area contributed by atoms with Crippen LogP contribution in [-0.2, 0) is 11.3 Å². The van der Waals surface area contributed by atoms with E-state index in [1.807, 2.05) is 18.0 Å². The number of nitrogens with zero attached hydrogens (tertiary/aromatic N) is 1. The predicted molar refractivity (Wildman–Crippen MR) is 102 cm³/mol. The summed E-state index contributed by atoms with van der Waals surface area (Å²) in [6.45, 7) is 2.24. The molecule has 1 aliphatic carbocycles. The van der Waals surface area contributed by atoms with Crippen molar-refractivity contribution < 1.29 is 14.3 Å². The van der Waals surface area contributed by atoms with Crippen molar-refractivity contribution in [2.24, 2.45) is 0 Å². The van der Waals surface area contributed by atoms with Crippen LogP contribution >= 0.6 is 11.6 Å². The largest absolute Gasteiger partial charge is 0.496 e. The quantitative estimate of drug-likeness (QED) is 0.792. The van der Waals surface area contributed by atoms with Crippen LogP contribution in [0.1, 0.15) is 44.6 Å². The van der Waals surface area contributed by atoms with Gasteiger partial charge < -0.3 is 10.1 Å². The summed E-state index contributed by atoms with van der Waals surface area (Å²) in [5, 5.41) is 5.95. The number of hydrogen-bond acceptors (Lipinski definition) is 4. The SMILES string of the molecule is COc1ccc(Cl)cc1CN(C)[C@H](C)C(=O)NC(=O)NC1CCCCC1. The fourth-order valence-electron chi connectivity index (χ4n) is 3.16. The Morgan fingerprint density at radius 3 is 2.65 bits per heavy atom. The van der Waals surface area contributed by atoms with E-state index in [4.69, 9.17) is 16.3 Å². The highest BCUT2D eigenvalue weighted by Gasteiger charge is 2.23. The van der Waals surface area contributed by atoms with E-state index in [2.05, 4.69) is 10.6 Å². The molecule has 26 heavy (non-hydrogen) atoms. The molecular formula is C19H28ClN3O3. The van der Waals surface area contributed by atoms with E-state index in [9.17, 15) is 9.59 Å². The topological polar surface area (TPSA) is 70.7 Å². The first-order valence-electron chi connectivity index (χ1n) is 9.04. The number of urea groups is 1. The summed E-state index contributed by atoms with van der Waals surface area (Å²) in [4.78, 5) is 26.3. The monoisotopic (exact) mass is 381 g/mol. The van der Waals surface area contributed by atoms with Crippen molar-refractivity contribution in [3.8, 4) is 5.75 Å². The second-order valence-electron chi connectivity index (χ2n) is 6.84. The normalized spacial score (nSPS) is 16.2. The number of rotatable bonds is 6. The molecule has 0 aliphatic heterocycles. The number of likely N-dealkylation sites (N-methyl/N-ethyl adjacent to an activating group) is 1. The van der Waals surface area contributed by atoms with Crippen LogP contribution in [0.5, 0.6) is 5.75 Å². The van der Waals surface area contributed by atoms with Crippen LogP contribution in [0.2, 0.25) is 5.02 Å². The molecule has 2 rings (SSSR count). The number of hydrogen-bond donors (Lipinski definition) is 2. The Morgan fingerprint density at radius 2 is 2.00 bits per heavy atom. The molecule has 0 bridgehead atoms. The summed E-state index contributed by atoms with van der Waals surface area (Å²) in [6, 6.07) is 4.65. The fraction of sp³-hybridized carbons (Fsp3) is 0.579. The number of carbonyl (C=O) groups excluding carboxylic acids is 2. The van der Waals surface area contributed by atoms with Gasteiger partial charge in [0, 0.05) is 23.2 Å². The first kappa shape index (κ1) is 20.5. The molecule has 1 aromatic carbocycles. The van der Waals surface area contributed by atoms with Gasteiger partial charge in [0.1, 0.15) is 5.75 Å². The molecule has 0 aromatic heterocycles. The zero-order valence-electron chi connectivity index (χ0n) is 15.7. The van der Waals surface area contributed by atoms with Crippen molar-refractivity contribution in [3.05, 3.63) is 28.8 Å². The lowest BCUT2D eigenvalue weighted by molar-refractivity contribution is -0.124. The molecule has 0 spiro atoms. The zero-order chi connectivity index (χ0) is 19.1. The highest BCUT2D eigenvalue weighted by atomic mass is 35.5. The summed E-state index contributed by atoms with van der Waals surface area (Å²) in [7, 11) is 3.42. The molecule has 144 valence electrons. The van der Waals surface area contributed by atoms with Gasteiger partial charge in [0.2, 0.25) is 5.91 Å². The lowest BCUT2D eigenvalue weighted by Crippen LogP contribution is -2.50. The molecule has 6 nitrogen and oxygen atoms in total. The van der Waals surface area contributed by atoms with Gasteiger partial charge in [0.05, 0.1) is 13.2 Å². The number of methoxy groups -OCH3 is 1. The van der Waals surface area contributed by atoms with Gasteiger partial charge in [-0.2, -0.15) is 0 Å². The molecule has 0 radical (unpaired) electrons. The fourth-order valence-corrected chi connectivity index (χ4v) is 3.36. The van der Waals surface area contributed by atoms with Gasteiger partial charge in [-0.3, -0.25) is 15.0 Å². The molecule has 1 fully saturated rings. The number of halogens is 1. The third-order valence-corrected chi connectivity index (χ3v) is 5.12. The average molecular weight is 382 g/mol. The van der Waals surface area contributed by atoms with Gasteiger partial charge in [-0.25, -0.2) is 4.79 Å². The Morgan fingerprint density at radius 1 is 1.31 bits per heavy atom. The van der Waals surface area contributed by atoms with Crippen molar-refractivity contribution >= 4 is 23.5 Å². The van der Waals surface area contributed by atoms with Crippen LogP contribution in [0.3, 0.4) is 0 Å². The Hall–Kier alpha value is -1.79. The number of benzene rings is 1. The van der Waals surface area contributed by atoms with Crippen molar-refractivity contribution in [1.29, 1.82) is 0 Å². The van der Waals surface area contributed by atoms with Crippen LogP contribution in [0, 0.1) is 0 Å². The molecule has 0 saturated heterocycles. The minimum Gasteiger partial charge on any atom is -0.496 e. The maximum atomic E-state index is 12.4. The standard InChI is InChI=1S/C19H28ClN3O3/c1-13(18(24)22-19(25)21-16-7-5-4-6-8-16)23(2)12-14-11-15(20)9-10-17(14)26-3/h9-11,13,16H,4-8,12H2,1-3H3,(H2,21,22,24,25)/t13-/m1/s1. The second-order valence-corrected chi connectivity index (χ2v) is 7.28. The second kappa shape index (κ2) is 9.78. The molecule has 0 heterocycles. The van der Waals surface area contributed by atoms with Gasteiger partial charge in [0.15, 0.2) is 0 Å². The van der Waals surface area contributed by atoms with E-state index in [0.29, 0.717) is 17.3 Å². The highest BCUT2D eigenvalue weighted by Crippen LogP contribution is 2.24. The molecule has 2 N–H and O–H groups in total. The lowest BCUT2D eigenvalue weighted by Gasteiger charge is -2.26. The summed E-state index contributed by atoms with van der Waals surface area (Å²) in [6.07, 6.45) is 5.42. The third-order valence-electron chi connectivity index (χ3n) is 4.88. The predicted octanol–water partition coefficient (Wildman–Crippen LogP) is 3.33. The Balaban J connectivity index is 1.88. The molecule has 1 aromatic rings. The van der Waals surface area contributed by atoms with Gasteiger partial charge in [-0.1, -0.05) is 30.9 Å². The van der Waals surface area contributed by atoms with E-state index in [-0.39, 0.29) is 11.9 Å². The molecule has 1 aliphatic rings. The number of carbonyl (C=O) groups is 2. The van der Waals surface area contributed by atoms with E-state index in [1.54, 1.807) is 26.2 Å². The summed E-state index contributed by atoms with van der Waals surface area (Å²) >= 11 is 6.05. The Bertz CT molecular complexity index is 632. The van der Waals surface area contributed by atoms with Crippen molar-refractivity contribution in [2.45, 2.75) is 57.7 Å². The van der Waals surface area contributed by atoms with Gasteiger partial charge in [0.25, 0.3) is 0 Å². The van der Waals surface area contributed by atoms with Crippen LogP contribution in [0.15, 0.2) is 18.2 Å². The van der Waals surface area contributed by atoms with E-state index in [0.717, 1.165) is 31.2 Å². The average Bonchev–Trinajstić information content (AvgIpc) is 2.61. The summed E-state index contributed by atoms with van der Waals surface area (Å²) < 4.78 is 5.34. The maximum absolute atomic E-state index is 12.4. The van der Waals surface area contributed by atoms with Crippen LogP contribution in [-0.4, -0.2) is 43.1 Å². The smallest absolute Gasteiger partial charge is 0.321 e. The van der Waals surface area contributed by atoms with Crippen molar-refractivity contribution in [1.82, 2.24) is 15.5 Å². The first-order chi connectivity index (χ1) is 12.4. The van der Waals surface area contributed by atoms with Crippen molar-refractivity contribution in [2.75, 3.05) is 14.2 Å². The van der Waals surface area contributed by atoms with Gasteiger partial charge in [-0.15, -0.1) is 0 Å². The Kier molecular flexibility index (Phi) is 7.72. The van der Waals surface area contributed by atoms with Crippen LogP contribution in [0.4, 0.5) is 4.79 Å². The minimum atomic E-state index is -0.476. The molecular weight excluding hydrogens is 354 g/mol. The number of imide groups is 1. The lowest BCUT2D eigenvalue weighted by atomic mass is 9.96. The molecule has 1 atom stereocenters. The highest BCUT2D eigenvalue weighted by molar-refractivity contribution is 6.30. The third kappa shape index (κ3) is 5.88. The van der Waals surface area contributed by atoms with Crippen LogP contribution < -0.4 is 15.4 Å². The molecule has 7 heteroatoms. The molecule has 0 unspecified atom stereocenters. The maximum Gasteiger partial charge on any atom is 0.321 e. The van der Waals surface area contributed by atoms with Gasteiger partial charge >= 0.3 is 6.03 Å².